The van der Waals surface area contributed by atoms with Crippen LogP contribution in [0.25, 0.3) is 10.8 Å². The molecule has 0 spiro atoms. The van der Waals surface area contributed by atoms with Crippen molar-refractivity contribution in [3.05, 3.63) is 40.3 Å². The first-order chi connectivity index (χ1) is 10.1. The number of H-pyrrole nitrogens is 1. The number of nitriles is 1. The van der Waals surface area contributed by atoms with E-state index in [1.807, 2.05) is 6.92 Å². The Hall–Kier alpha value is -2.68. The summed E-state index contributed by atoms with van der Waals surface area (Å²) in [6.07, 6.45) is 0. The number of hydrogen-bond acceptors (Lipinski definition) is 4. The molecule has 1 amide bonds. The third kappa shape index (κ3) is 2.92. The van der Waals surface area contributed by atoms with Crippen molar-refractivity contribution >= 4 is 16.7 Å². The standard InChI is InChI=1S/C15H16N4O2/c1-3-19(9-10(2)8-16)15(21)13-11-6-4-5-7-12(11)14(20)18-17-13/h4-7,10H,3,9H2,1-2H3,(H,18,20)/t10-/m1/s1. The van der Waals surface area contributed by atoms with Gasteiger partial charge in [-0.1, -0.05) is 18.2 Å². The molecule has 1 aromatic carbocycles. The van der Waals surface area contributed by atoms with Crippen LogP contribution < -0.4 is 5.56 Å². The van der Waals surface area contributed by atoms with Gasteiger partial charge in [0.1, 0.15) is 0 Å². The molecule has 0 aliphatic rings. The van der Waals surface area contributed by atoms with E-state index in [1.165, 1.54) is 0 Å². The van der Waals surface area contributed by atoms with Crippen molar-refractivity contribution in [3.8, 4) is 6.07 Å². The molecule has 21 heavy (non-hydrogen) atoms. The zero-order valence-corrected chi connectivity index (χ0v) is 12.0. The number of rotatable bonds is 4. The van der Waals surface area contributed by atoms with Gasteiger partial charge in [-0.2, -0.15) is 10.4 Å². The van der Waals surface area contributed by atoms with Crippen molar-refractivity contribution < 1.29 is 4.79 Å². The van der Waals surface area contributed by atoms with Gasteiger partial charge < -0.3 is 4.90 Å². The summed E-state index contributed by atoms with van der Waals surface area (Å²) in [6.45, 7) is 4.41. The number of aromatic nitrogens is 2. The van der Waals surface area contributed by atoms with E-state index in [2.05, 4.69) is 16.3 Å². The number of benzene rings is 1. The average molecular weight is 284 g/mol. The number of amides is 1. The monoisotopic (exact) mass is 284 g/mol. The maximum atomic E-state index is 12.6. The van der Waals surface area contributed by atoms with Crippen LogP contribution in [0.4, 0.5) is 0 Å². The molecule has 0 radical (unpaired) electrons. The quantitative estimate of drug-likeness (QED) is 0.922. The van der Waals surface area contributed by atoms with Gasteiger partial charge in [-0.05, 0) is 19.9 Å². The van der Waals surface area contributed by atoms with Gasteiger partial charge in [-0.15, -0.1) is 0 Å². The number of nitrogens with one attached hydrogen (secondary N) is 1. The fourth-order valence-electron chi connectivity index (χ4n) is 2.15. The van der Waals surface area contributed by atoms with E-state index in [9.17, 15) is 9.59 Å². The second-order valence-corrected chi connectivity index (χ2v) is 4.82. The number of nitrogens with zero attached hydrogens (tertiary/aromatic N) is 3. The normalized spacial score (nSPS) is 11.9. The number of hydrogen-bond donors (Lipinski definition) is 1. The highest BCUT2D eigenvalue weighted by Crippen LogP contribution is 2.15. The van der Waals surface area contributed by atoms with E-state index < -0.39 is 0 Å². The smallest absolute Gasteiger partial charge is 0.274 e. The number of carbonyl (C=O) groups is 1. The van der Waals surface area contributed by atoms with Crippen LogP contribution in [0, 0.1) is 17.2 Å². The maximum Gasteiger partial charge on any atom is 0.274 e. The molecule has 0 fully saturated rings. The molecule has 6 nitrogen and oxygen atoms in total. The predicted molar refractivity (Wildman–Crippen MR) is 78.7 cm³/mol. The Morgan fingerprint density at radius 1 is 1.43 bits per heavy atom. The zero-order chi connectivity index (χ0) is 15.4. The Bertz CT molecular complexity index is 760. The van der Waals surface area contributed by atoms with Crippen LogP contribution in [0.2, 0.25) is 0 Å². The van der Waals surface area contributed by atoms with E-state index in [-0.39, 0.29) is 23.1 Å². The molecule has 1 heterocycles. The lowest BCUT2D eigenvalue weighted by Gasteiger charge is -2.21. The summed E-state index contributed by atoms with van der Waals surface area (Å²) < 4.78 is 0. The number of fused-ring (bicyclic) bond motifs is 1. The minimum Gasteiger partial charge on any atom is -0.336 e. The van der Waals surface area contributed by atoms with E-state index in [0.29, 0.717) is 23.9 Å². The van der Waals surface area contributed by atoms with Gasteiger partial charge in [0.2, 0.25) is 0 Å². The van der Waals surface area contributed by atoms with E-state index in [0.717, 1.165) is 0 Å². The molecule has 0 bridgehead atoms. The minimum atomic E-state index is -0.324. The highest BCUT2D eigenvalue weighted by Gasteiger charge is 2.21. The molecule has 0 unspecified atom stereocenters. The Morgan fingerprint density at radius 2 is 2.10 bits per heavy atom. The maximum absolute atomic E-state index is 12.6. The van der Waals surface area contributed by atoms with Gasteiger partial charge >= 0.3 is 0 Å². The van der Waals surface area contributed by atoms with Crippen LogP contribution in [0.15, 0.2) is 29.1 Å². The van der Waals surface area contributed by atoms with E-state index >= 15 is 0 Å². The third-order valence-electron chi connectivity index (χ3n) is 3.28. The third-order valence-corrected chi connectivity index (χ3v) is 3.28. The van der Waals surface area contributed by atoms with Crippen molar-refractivity contribution in [1.82, 2.24) is 15.1 Å². The Labute approximate surface area is 122 Å². The molecule has 1 atom stereocenters. The Morgan fingerprint density at radius 3 is 2.71 bits per heavy atom. The largest absolute Gasteiger partial charge is 0.336 e. The molecule has 0 saturated carbocycles. The second-order valence-electron chi connectivity index (χ2n) is 4.82. The summed E-state index contributed by atoms with van der Waals surface area (Å²) in [5.74, 6) is -0.546. The topological polar surface area (TPSA) is 89.8 Å². The van der Waals surface area contributed by atoms with Crippen molar-refractivity contribution in [3.63, 3.8) is 0 Å². The SMILES string of the molecule is CCN(C[C@H](C)C#N)C(=O)c1n[nH]c(=O)c2ccccc12. The van der Waals surface area contributed by atoms with Gasteiger partial charge in [0.15, 0.2) is 5.69 Å². The summed E-state index contributed by atoms with van der Waals surface area (Å²) in [5, 5.41) is 16.1. The lowest BCUT2D eigenvalue weighted by atomic mass is 10.1. The van der Waals surface area contributed by atoms with E-state index in [4.69, 9.17) is 5.26 Å². The van der Waals surface area contributed by atoms with Crippen LogP contribution in [-0.2, 0) is 0 Å². The number of aromatic amines is 1. The van der Waals surface area contributed by atoms with Crippen LogP contribution in [0.1, 0.15) is 24.3 Å². The molecule has 6 heteroatoms. The summed E-state index contributed by atoms with van der Waals surface area (Å²) in [6, 6.07) is 8.96. The predicted octanol–water partition coefficient (Wildman–Crippen LogP) is 1.54. The summed E-state index contributed by atoms with van der Waals surface area (Å²) in [7, 11) is 0. The van der Waals surface area contributed by atoms with Gasteiger partial charge in [0.25, 0.3) is 11.5 Å². The van der Waals surface area contributed by atoms with Gasteiger partial charge in [-0.3, -0.25) is 9.59 Å². The molecule has 2 rings (SSSR count). The van der Waals surface area contributed by atoms with Crippen molar-refractivity contribution in [2.45, 2.75) is 13.8 Å². The molecule has 1 N–H and O–H groups in total. The fraction of sp³-hybridized carbons (Fsp3) is 0.333. The molecular formula is C15H16N4O2. The summed E-state index contributed by atoms with van der Waals surface area (Å²) >= 11 is 0. The lowest BCUT2D eigenvalue weighted by molar-refractivity contribution is 0.0748. The van der Waals surface area contributed by atoms with Gasteiger partial charge in [0, 0.05) is 18.5 Å². The zero-order valence-electron chi connectivity index (χ0n) is 12.0. The van der Waals surface area contributed by atoms with Crippen LogP contribution >= 0.6 is 0 Å². The van der Waals surface area contributed by atoms with Crippen molar-refractivity contribution in [2.75, 3.05) is 13.1 Å². The highest BCUT2D eigenvalue weighted by molar-refractivity contribution is 6.04. The average Bonchev–Trinajstić information content (AvgIpc) is 2.52. The molecule has 0 aliphatic heterocycles. The second kappa shape index (κ2) is 6.18. The first-order valence-electron chi connectivity index (χ1n) is 6.74. The Kier molecular flexibility index (Phi) is 4.33. The van der Waals surface area contributed by atoms with Crippen LogP contribution in [0.5, 0.6) is 0 Å². The molecule has 1 aromatic heterocycles. The summed E-state index contributed by atoms with van der Waals surface area (Å²) in [5.41, 5.74) is -0.118. The highest BCUT2D eigenvalue weighted by atomic mass is 16.2. The molecule has 2 aromatic rings. The minimum absolute atomic E-state index is 0.206. The van der Waals surface area contributed by atoms with Gasteiger partial charge in [-0.25, -0.2) is 5.10 Å². The van der Waals surface area contributed by atoms with Crippen molar-refractivity contribution in [2.24, 2.45) is 5.92 Å². The molecule has 0 aliphatic carbocycles. The lowest BCUT2D eigenvalue weighted by Crippen LogP contribution is -2.35. The fourth-order valence-corrected chi connectivity index (χ4v) is 2.15. The Balaban J connectivity index is 2.46. The van der Waals surface area contributed by atoms with Crippen LogP contribution in [-0.4, -0.2) is 34.1 Å². The molecular weight excluding hydrogens is 268 g/mol. The summed E-state index contributed by atoms with van der Waals surface area (Å²) in [4.78, 5) is 25.9. The van der Waals surface area contributed by atoms with Crippen molar-refractivity contribution in [1.29, 1.82) is 5.26 Å². The first-order valence-corrected chi connectivity index (χ1v) is 6.74. The van der Waals surface area contributed by atoms with Gasteiger partial charge in [0.05, 0.1) is 17.4 Å². The van der Waals surface area contributed by atoms with Crippen LogP contribution in [0.3, 0.4) is 0 Å². The first kappa shape index (κ1) is 14.7. The van der Waals surface area contributed by atoms with E-state index in [1.54, 1.807) is 36.1 Å². The molecule has 0 saturated heterocycles. The molecule has 108 valence electrons. The number of carbonyl (C=O) groups excluding carboxylic acids is 1.